The molecule has 360 valence electrons. The second-order valence-electron chi connectivity index (χ2n) is 18.6. The maximum atomic E-state index is 15.7. The Hall–Kier alpha value is -6.63. The van der Waals surface area contributed by atoms with Crippen LogP contribution in [0.5, 0.6) is 5.75 Å². The summed E-state index contributed by atoms with van der Waals surface area (Å²) >= 11 is 3.16. The Labute approximate surface area is 407 Å². The van der Waals surface area contributed by atoms with Crippen LogP contribution in [-0.4, -0.2) is 97.6 Å². The van der Waals surface area contributed by atoms with E-state index in [9.17, 15) is 24.3 Å². The van der Waals surface area contributed by atoms with Crippen molar-refractivity contribution < 1.29 is 38.1 Å². The lowest BCUT2D eigenvalue weighted by molar-refractivity contribution is -0.144. The number of β-amino-alcohol motifs (C(OH)–C–C–N with tert-alkyl or cyclic N) is 1. The number of rotatable bonds is 13. The highest BCUT2D eigenvalue weighted by atomic mass is 32.1. The van der Waals surface area contributed by atoms with Gasteiger partial charge < -0.3 is 30.1 Å². The third-order valence-electron chi connectivity index (χ3n) is 12.7. The molecule has 0 aliphatic carbocycles. The highest BCUT2D eigenvalue weighted by molar-refractivity contribution is 7.15. The topological polar surface area (TPSA) is 190 Å². The molecule has 0 saturated carbocycles. The Bertz CT molecular complexity index is 2960. The molecule has 69 heavy (non-hydrogen) atoms. The molecule has 8 rings (SSSR count). The summed E-state index contributed by atoms with van der Waals surface area (Å²) in [6, 6.07) is 16.7. The summed E-state index contributed by atoms with van der Waals surface area (Å²) < 4.78 is 28.3. The normalized spacial score (nSPS) is 17.5. The molecule has 3 aromatic heterocycles. The number of thiazole rings is 1. The van der Waals surface area contributed by atoms with Crippen molar-refractivity contribution in [3.8, 4) is 32.3 Å². The molecule has 5 heterocycles. The minimum absolute atomic E-state index is 0.0237. The van der Waals surface area contributed by atoms with Gasteiger partial charge in [-0.15, -0.1) is 32.9 Å². The van der Waals surface area contributed by atoms with Crippen molar-refractivity contribution in [1.82, 2.24) is 35.3 Å². The number of hydrogen-bond donors (Lipinski definition) is 3. The third kappa shape index (κ3) is 10.1. The van der Waals surface area contributed by atoms with Gasteiger partial charge in [0.05, 0.1) is 47.5 Å². The molecule has 2 aliphatic heterocycles. The van der Waals surface area contributed by atoms with Crippen LogP contribution in [0.4, 0.5) is 4.39 Å². The minimum atomic E-state index is -1.10. The van der Waals surface area contributed by atoms with Crippen molar-refractivity contribution in [3.63, 3.8) is 0 Å². The van der Waals surface area contributed by atoms with Crippen molar-refractivity contribution in [1.29, 1.82) is 0 Å². The first kappa shape index (κ1) is 48.8. The first-order valence-electron chi connectivity index (χ1n) is 22.6. The number of aliphatic hydroxyl groups excluding tert-OH is 1. The fraction of sp³-hybridized carbons (Fsp3) is 0.373. The largest absolute Gasteiger partial charge is 0.481 e. The molecule has 0 spiro atoms. The van der Waals surface area contributed by atoms with Gasteiger partial charge in [-0.05, 0) is 80.0 Å². The summed E-state index contributed by atoms with van der Waals surface area (Å²) in [6.07, 6.45) is -0.925. The van der Waals surface area contributed by atoms with E-state index in [1.54, 1.807) is 55.0 Å². The van der Waals surface area contributed by atoms with Gasteiger partial charge in [0.25, 0.3) is 5.91 Å². The van der Waals surface area contributed by atoms with Gasteiger partial charge in [0.15, 0.2) is 24.0 Å². The van der Waals surface area contributed by atoms with Crippen LogP contribution in [0.2, 0.25) is 0 Å². The van der Waals surface area contributed by atoms with Gasteiger partial charge in [-0.3, -0.25) is 28.7 Å². The molecule has 5 atom stereocenters. The molecular weight excluding hydrogens is 920 g/mol. The van der Waals surface area contributed by atoms with Gasteiger partial charge in [-0.1, -0.05) is 75.4 Å². The second kappa shape index (κ2) is 19.8. The summed E-state index contributed by atoms with van der Waals surface area (Å²) in [5.74, 6) is -1.67. The van der Waals surface area contributed by atoms with Crippen molar-refractivity contribution in [2.75, 3.05) is 20.3 Å². The van der Waals surface area contributed by atoms with E-state index in [0.717, 1.165) is 48.3 Å². The number of carbonyl (C=O) groups excluding carboxylic acids is 4. The van der Waals surface area contributed by atoms with Crippen LogP contribution in [0.15, 0.2) is 77.2 Å². The molecule has 2 aliphatic rings. The van der Waals surface area contributed by atoms with E-state index < -0.39 is 71.8 Å². The Kier molecular flexibility index (Phi) is 14.0. The fourth-order valence-corrected chi connectivity index (χ4v) is 10.8. The molecule has 3 amide bonds. The zero-order valence-corrected chi connectivity index (χ0v) is 41.6. The van der Waals surface area contributed by atoms with Crippen LogP contribution in [-0.2, 0) is 23.9 Å². The molecule has 6 aromatic rings. The first-order valence-corrected chi connectivity index (χ1v) is 24.3. The Morgan fingerprint density at radius 1 is 0.928 bits per heavy atom. The van der Waals surface area contributed by atoms with Crippen LogP contribution in [0, 0.1) is 38.9 Å². The average molecular weight is 975 g/mol. The van der Waals surface area contributed by atoms with Crippen LogP contribution < -0.4 is 15.4 Å². The van der Waals surface area contributed by atoms with Crippen molar-refractivity contribution in [3.05, 3.63) is 123 Å². The maximum absolute atomic E-state index is 15.7. The molecule has 3 N–H and O–H groups in total. The van der Waals surface area contributed by atoms with Gasteiger partial charge in [0.1, 0.15) is 29.0 Å². The number of likely N-dealkylation sites (tertiary alicyclic amines) is 1. The molecule has 18 heteroatoms. The molecule has 1 fully saturated rings. The van der Waals surface area contributed by atoms with E-state index in [0.29, 0.717) is 28.5 Å². The van der Waals surface area contributed by atoms with Gasteiger partial charge in [0, 0.05) is 29.0 Å². The number of nitrogens with zero attached hydrogens (tertiary/aromatic N) is 6. The minimum Gasteiger partial charge on any atom is -0.481 e. The molecule has 3 aromatic carbocycles. The summed E-state index contributed by atoms with van der Waals surface area (Å²) in [6.45, 7) is 14.4. The lowest BCUT2D eigenvalue weighted by Crippen LogP contribution is -2.58. The number of carbonyl (C=O) groups is 4. The number of esters is 1. The number of benzene rings is 3. The molecule has 0 bridgehead atoms. The monoisotopic (exact) mass is 974 g/mol. The van der Waals surface area contributed by atoms with Crippen molar-refractivity contribution >= 4 is 52.1 Å². The number of aromatic nitrogens is 4. The molecule has 0 radical (unpaired) electrons. The molecule has 15 nitrogen and oxygen atoms in total. The SMILES string of the molecule is COC(=O)C[C@@H]1N=C(c2ccc(-c3ccc(OCC(=O)N[C@H](C(=O)N4C[C@H](O)C[C@H]4C(=O)N[C@@H](C)c4ccc(-c5scnc5C)cc4)C(C)(C)C)c(F)c3)cc2)c2c(sc(C)c2C)-n2c(C)nnc21. The number of amides is 3. The predicted molar refractivity (Wildman–Crippen MR) is 262 cm³/mol. The van der Waals surface area contributed by atoms with E-state index in [1.165, 1.54) is 24.1 Å². The number of nitrogens with one attached hydrogen (secondary N) is 2. The number of halogens is 1. The van der Waals surface area contributed by atoms with Crippen LogP contribution >= 0.6 is 22.7 Å². The quantitative estimate of drug-likeness (QED) is 0.0968. The number of ether oxygens (including phenoxy) is 2. The maximum Gasteiger partial charge on any atom is 0.308 e. The summed E-state index contributed by atoms with van der Waals surface area (Å²) in [5.41, 5.74) is 8.55. The van der Waals surface area contributed by atoms with E-state index in [2.05, 4.69) is 25.8 Å². The molecule has 1 saturated heterocycles. The fourth-order valence-electron chi connectivity index (χ4n) is 8.75. The van der Waals surface area contributed by atoms with E-state index in [-0.39, 0.29) is 25.1 Å². The Morgan fingerprint density at radius 3 is 2.26 bits per heavy atom. The predicted octanol–water partition coefficient (Wildman–Crippen LogP) is 7.70. The van der Waals surface area contributed by atoms with Gasteiger partial charge >= 0.3 is 5.97 Å². The highest BCUT2D eigenvalue weighted by Gasteiger charge is 2.45. The van der Waals surface area contributed by atoms with Crippen LogP contribution in [0.1, 0.15) is 97.1 Å². The van der Waals surface area contributed by atoms with E-state index >= 15 is 4.39 Å². The number of aliphatic hydroxyl groups is 1. The highest BCUT2D eigenvalue weighted by Crippen LogP contribution is 2.40. The standard InChI is InChI=1S/C51H55FN8O7S2/c1-26-29(4)69-50-43(26)44(55-38(22-42(63)66-9)47-58-57-30(5)60(47)50)33-14-12-32(13-15-33)35-18-19-40(37(52)20-35)67-24-41(62)56-46(51(6,7)8)49(65)59-23-36(61)21-39(59)48(64)54-27(2)31-10-16-34(17-11-31)45-28(3)53-25-68-45/h10-20,25,27,36,38-39,46,61H,21-24H2,1-9H3,(H,54,64)(H,56,62)/t27-,36+,38-,39-,46+/m0/s1. The zero-order chi connectivity index (χ0) is 49.5. The first-order chi connectivity index (χ1) is 32.8. The van der Waals surface area contributed by atoms with Crippen molar-refractivity contribution in [2.24, 2.45) is 10.4 Å². The molecule has 0 unspecified atom stereocenters. The zero-order valence-electron chi connectivity index (χ0n) is 39.9. The van der Waals surface area contributed by atoms with Crippen molar-refractivity contribution in [2.45, 2.75) is 98.5 Å². The number of aryl methyl sites for hydroxylation is 3. The molecular formula is C51H55FN8O7S2. The summed E-state index contributed by atoms with van der Waals surface area (Å²) in [7, 11) is 1.34. The van der Waals surface area contributed by atoms with Crippen LogP contribution in [0.25, 0.3) is 26.6 Å². The summed E-state index contributed by atoms with van der Waals surface area (Å²) in [5, 5.41) is 26.1. The number of thiophene rings is 1. The van der Waals surface area contributed by atoms with Gasteiger partial charge in [0.2, 0.25) is 11.8 Å². The van der Waals surface area contributed by atoms with E-state index in [1.807, 2.05) is 87.7 Å². The lowest BCUT2D eigenvalue weighted by Gasteiger charge is -2.35. The number of fused-ring (bicyclic) bond motifs is 3. The second-order valence-corrected chi connectivity index (χ2v) is 20.6. The Morgan fingerprint density at radius 2 is 1.61 bits per heavy atom. The Balaban J connectivity index is 0.921. The van der Waals surface area contributed by atoms with E-state index in [4.69, 9.17) is 14.5 Å². The van der Waals surface area contributed by atoms with Crippen LogP contribution in [0.3, 0.4) is 0 Å². The van der Waals surface area contributed by atoms with Gasteiger partial charge in [-0.2, -0.15) is 0 Å². The lowest BCUT2D eigenvalue weighted by atomic mass is 9.85. The number of aliphatic imine (C=N–C) groups is 1. The third-order valence-corrected chi connectivity index (χ3v) is 14.8. The summed E-state index contributed by atoms with van der Waals surface area (Å²) in [4.78, 5) is 66.9. The average Bonchev–Trinajstić information content (AvgIpc) is 4.09. The van der Waals surface area contributed by atoms with Gasteiger partial charge in [-0.25, -0.2) is 9.37 Å². The number of hydrogen-bond acceptors (Lipinski definition) is 13. The smallest absolute Gasteiger partial charge is 0.308 e. The number of methoxy groups -OCH3 is 1.